The average Bonchev–Trinajstić information content (AvgIpc) is 2.64. The van der Waals surface area contributed by atoms with Gasteiger partial charge in [-0.05, 0) is 56.6 Å². The molecule has 0 aromatic heterocycles. The number of sulfonamides is 1. The molecule has 1 saturated heterocycles. The van der Waals surface area contributed by atoms with Crippen molar-refractivity contribution in [1.82, 2.24) is 10.6 Å². The van der Waals surface area contributed by atoms with Crippen LogP contribution in [0.2, 0.25) is 0 Å². The highest BCUT2D eigenvalue weighted by atomic mass is 32.2. The number of nitrogens with one attached hydrogen (secondary N) is 3. The summed E-state index contributed by atoms with van der Waals surface area (Å²) in [4.78, 5) is 12.9. The van der Waals surface area contributed by atoms with Gasteiger partial charge < -0.3 is 10.6 Å². The maximum Gasteiger partial charge on any atom is 0.261 e. The van der Waals surface area contributed by atoms with Gasteiger partial charge in [0.25, 0.3) is 15.9 Å². The molecule has 1 aliphatic heterocycles. The first-order valence-corrected chi connectivity index (χ1v) is 10.6. The van der Waals surface area contributed by atoms with E-state index in [2.05, 4.69) is 22.3 Å². The molecule has 2 unspecified atom stereocenters. The fourth-order valence-corrected chi connectivity index (χ4v) is 4.25. The van der Waals surface area contributed by atoms with Gasteiger partial charge in [-0.2, -0.15) is 0 Å². The van der Waals surface area contributed by atoms with Crippen LogP contribution in [0.25, 0.3) is 0 Å². The second-order valence-electron chi connectivity index (χ2n) is 7.01. The number of amides is 1. The van der Waals surface area contributed by atoms with Crippen LogP contribution < -0.4 is 15.4 Å². The number of anilines is 1. The van der Waals surface area contributed by atoms with Gasteiger partial charge in [-0.3, -0.25) is 9.52 Å². The third kappa shape index (κ3) is 4.67. The summed E-state index contributed by atoms with van der Waals surface area (Å²) in [6.07, 6.45) is 0.851. The Morgan fingerprint density at radius 3 is 2.52 bits per heavy atom. The molecular weight excluding hydrogens is 362 g/mol. The van der Waals surface area contributed by atoms with E-state index in [1.54, 1.807) is 48.5 Å². The highest BCUT2D eigenvalue weighted by Gasteiger charge is 2.25. The maximum atomic E-state index is 12.8. The molecule has 1 amide bonds. The quantitative estimate of drug-likeness (QED) is 0.736. The van der Waals surface area contributed by atoms with E-state index in [0.29, 0.717) is 11.5 Å². The Hall–Kier alpha value is -2.38. The Balaban J connectivity index is 1.81. The molecular formula is C20H25N3O3S. The Morgan fingerprint density at radius 1 is 1.11 bits per heavy atom. The fourth-order valence-electron chi connectivity index (χ4n) is 3.17. The Morgan fingerprint density at radius 2 is 1.81 bits per heavy atom. The Labute approximate surface area is 160 Å². The molecule has 7 heteroatoms. The molecule has 2 atom stereocenters. The van der Waals surface area contributed by atoms with E-state index in [0.717, 1.165) is 25.1 Å². The maximum absolute atomic E-state index is 12.8. The zero-order chi connectivity index (χ0) is 19.4. The molecule has 0 aliphatic carbocycles. The lowest BCUT2D eigenvalue weighted by Gasteiger charge is -2.30. The molecule has 1 aliphatic rings. The highest BCUT2D eigenvalue weighted by molar-refractivity contribution is 7.92. The van der Waals surface area contributed by atoms with Crippen LogP contribution in [-0.2, 0) is 10.0 Å². The zero-order valence-corrected chi connectivity index (χ0v) is 16.3. The van der Waals surface area contributed by atoms with Gasteiger partial charge >= 0.3 is 0 Å². The van der Waals surface area contributed by atoms with Gasteiger partial charge in [0.2, 0.25) is 0 Å². The molecule has 3 N–H and O–H groups in total. The van der Waals surface area contributed by atoms with Gasteiger partial charge in [0.1, 0.15) is 0 Å². The summed E-state index contributed by atoms with van der Waals surface area (Å²) >= 11 is 0. The second-order valence-corrected chi connectivity index (χ2v) is 8.70. The van der Waals surface area contributed by atoms with Crippen LogP contribution >= 0.6 is 0 Å². The minimum atomic E-state index is -3.77. The smallest absolute Gasteiger partial charge is 0.261 e. The summed E-state index contributed by atoms with van der Waals surface area (Å²) in [6, 6.07) is 13.3. The molecule has 0 radical (unpaired) electrons. The standard InChI is InChI=1S/C20H25N3O3S/c1-14-7-9-16(10-8-14)27(25,26)23-19-6-4-3-5-17(19)20(24)22-18-11-12-21-13-15(18)2/h3-10,15,18,21,23H,11-13H2,1-2H3,(H,22,24). The van der Waals surface area contributed by atoms with Gasteiger partial charge in [0.15, 0.2) is 0 Å². The van der Waals surface area contributed by atoms with Gasteiger partial charge in [-0.1, -0.05) is 36.8 Å². The van der Waals surface area contributed by atoms with Crippen molar-refractivity contribution < 1.29 is 13.2 Å². The van der Waals surface area contributed by atoms with Gasteiger partial charge in [0.05, 0.1) is 16.1 Å². The van der Waals surface area contributed by atoms with E-state index in [1.807, 2.05) is 6.92 Å². The van der Waals surface area contributed by atoms with Crippen LogP contribution in [0.4, 0.5) is 5.69 Å². The predicted octanol–water partition coefficient (Wildman–Crippen LogP) is 2.52. The average molecular weight is 388 g/mol. The fraction of sp³-hybridized carbons (Fsp3) is 0.350. The molecule has 3 rings (SSSR count). The monoisotopic (exact) mass is 387 g/mol. The van der Waals surface area contributed by atoms with E-state index >= 15 is 0 Å². The third-order valence-electron chi connectivity index (χ3n) is 4.85. The third-order valence-corrected chi connectivity index (χ3v) is 6.23. The van der Waals surface area contributed by atoms with E-state index in [9.17, 15) is 13.2 Å². The van der Waals surface area contributed by atoms with Crippen molar-refractivity contribution in [2.24, 2.45) is 5.92 Å². The van der Waals surface area contributed by atoms with Crippen LogP contribution in [0, 0.1) is 12.8 Å². The van der Waals surface area contributed by atoms with Gasteiger partial charge in [0, 0.05) is 6.04 Å². The second kappa shape index (κ2) is 8.10. The minimum Gasteiger partial charge on any atom is -0.349 e. The van der Waals surface area contributed by atoms with Crippen molar-refractivity contribution in [3.05, 3.63) is 59.7 Å². The summed E-state index contributed by atoms with van der Waals surface area (Å²) in [5.41, 5.74) is 1.57. The number of benzene rings is 2. The van der Waals surface area contributed by atoms with Crippen molar-refractivity contribution in [2.45, 2.75) is 31.2 Å². The lowest BCUT2D eigenvalue weighted by molar-refractivity contribution is 0.0915. The molecule has 144 valence electrons. The van der Waals surface area contributed by atoms with Crippen molar-refractivity contribution >= 4 is 21.6 Å². The van der Waals surface area contributed by atoms with Gasteiger partial charge in [-0.15, -0.1) is 0 Å². The number of hydrogen-bond donors (Lipinski definition) is 3. The number of rotatable bonds is 5. The van der Waals surface area contributed by atoms with Crippen molar-refractivity contribution in [1.29, 1.82) is 0 Å². The SMILES string of the molecule is Cc1ccc(S(=O)(=O)Nc2ccccc2C(=O)NC2CCNCC2C)cc1. The van der Waals surface area contributed by atoms with Crippen LogP contribution in [0.3, 0.4) is 0 Å². The summed E-state index contributed by atoms with van der Waals surface area (Å²) in [7, 11) is -3.77. The van der Waals surface area contributed by atoms with Crippen LogP contribution in [0.15, 0.2) is 53.4 Å². The number of piperidine rings is 1. The highest BCUT2D eigenvalue weighted by Crippen LogP contribution is 2.21. The summed E-state index contributed by atoms with van der Waals surface area (Å²) in [5.74, 6) is 0.0510. The first-order valence-electron chi connectivity index (χ1n) is 9.07. The number of carbonyl (C=O) groups excluding carboxylic acids is 1. The largest absolute Gasteiger partial charge is 0.349 e. The predicted molar refractivity (Wildman–Crippen MR) is 106 cm³/mol. The minimum absolute atomic E-state index is 0.0699. The summed E-state index contributed by atoms with van der Waals surface area (Å²) in [6.45, 7) is 5.69. The van der Waals surface area contributed by atoms with Crippen LogP contribution in [0.1, 0.15) is 29.3 Å². The van der Waals surface area contributed by atoms with E-state index in [1.165, 1.54) is 0 Å². The molecule has 2 aromatic carbocycles. The molecule has 6 nitrogen and oxygen atoms in total. The molecule has 2 aromatic rings. The normalized spacial score (nSPS) is 20.1. The van der Waals surface area contributed by atoms with E-state index in [-0.39, 0.29) is 22.5 Å². The van der Waals surface area contributed by atoms with E-state index in [4.69, 9.17) is 0 Å². The lowest BCUT2D eigenvalue weighted by atomic mass is 9.95. The van der Waals surface area contributed by atoms with Crippen molar-refractivity contribution in [3.63, 3.8) is 0 Å². The lowest BCUT2D eigenvalue weighted by Crippen LogP contribution is -2.48. The molecule has 1 heterocycles. The molecule has 0 saturated carbocycles. The zero-order valence-electron chi connectivity index (χ0n) is 15.5. The molecule has 0 bridgehead atoms. The van der Waals surface area contributed by atoms with Crippen molar-refractivity contribution in [2.75, 3.05) is 17.8 Å². The first-order chi connectivity index (χ1) is 12.9. The Bertz CT molecular complexity index is 910. The van der Waals surface area contributed by atoms with Crippen LogP contribution in [0.5, 0.6) is 0 Å². The summed E-state index contributed by atoms with van der Waals surface area (Å²) < 4.78 is 27.9. The van der Waals surface area contributed by atoms with Crippen molar-refractivity contribution in [3.8, 4) is 0 Å². The number of carbonyl (C=O) groups is 1. The number of hydrogen-bond acceptors (Lipinski definition) is 4. The molecule has 0 spiro atoms. The van der Waals surface area contributed by atoms with Crippen LogP contribution in [-0.4, -0.2) is 33.5 Å². The van der Waals surface area contributed by atoms with Gasteiger partial charge in [-0.25, -0.2) is 8.42 Å². The topological polar surface area (TPSA) is 87.3 Å². The number of para-hydroxylation sites is 1. The Kier molecular flexibility index (Phi) is 5.82. The molecule has 27 heavy (non-hydrogen) atoms. The molecule has 1 fully saturated rings. The summed E-state index contributed by atoms with van der Waals surface area (Å²) in [5, 5.41) is 6.34. The number of aryl methyl sites for hydroxylation is 1. The van der Waals surface area contributed by atoms with E-state index < -0.39 is 10.0 Å². The first kappa shape index (κ1) is 19.4.